The number of nitrogens with zero attached hydrogens (tertiary/aromatic N) is 1. The van der Waals surface area contributed by atoms with E-state index in [0.717, 1.165) is 19.3 Å². The van der Waals surface area contributed by atoms with E-state index in [-0.39, 0.29) is 10.8 Å². The summed E-state index contributed by atoms with van der Waals surface area (Å²) in [5, 5.41) is 0.460. The number of hydrogen-bond acceptors (Lipinski definition) is 3. The third kappa shape index (κ3) is 5.34. The molecule has 5 nitrogen and oxygen atoms in total. The van der Waals surface area contributed by atoms with Gasteiger partial charge in [-0.15, -0.1) is 0 Å². The minimum absolute atomic E-state index is 0.0955. The molecule has 2 aromatic rings. The van der Waals surface area contributed by atoms with Crippen LogP contribution in [0, 0.1) is 5.92 Å². The van der Waals surface area contributed by atoms with Crippen molar-refractivity contribution < 1.29 is 13.2 Å². The average molecular weight is 421 g/mol. The Hall–Kier alpha value is -1.89. The van der Waals surface area contributed by atoms with E-state index in [2.05, 4.69) is 16.9 Å². The quantitative estimate of drug-likeness (QED) is 0.777. The summed E-state index contributed by atoms with van der Waals surface area (Å²) < 4.78 is 27.4. The molecule has 0 bridgehead atoms. The lowest BCUT2D eigenvalue weighted by Gasteiger charge is -2.33. The Bertz CT molecular complexity index is 893. The van der Waals surface area contributed by atoms with Crippen LogP contribution < -0.4 is 4.72 Å². The zero-order valence-corrected chi connectivity index (χ0v) is 17.4. The second kappa shape index (κ2) is 9.07. The molecule has 28 heavy (non-hydrogen) atoms. The molecule has 150 valence electrons. The van der Waals surface area contributed by atoms with Crippen molar-refractivity contribution in [3.8, 4) is 0 Å². The van der Waals surface area contributed by atoms with E-state index >= 15 is 0 Å². The molecule has 1 N–H and O–H groups in total. The summed E-state index contributed by atoms with van der Waals surface area (Å²) in [5.74, 6) is 0.364. The Morgan fingerprint density at radius 2 is 1.71 bits per heavy atom. The summed E-state index contributed by atoms with van der Waals surface area (Å²) in [6.45, 7) is 2.90. The first-order valence-electron chi connectivity index (χ1n) is 9.46. The molecule has 0 aromatic heterocycles. The highest BCUT2D eigenvalue weighted by atomic mass is 35.5. The van der Waals surface area contributed by atoms with Crippen molar-refractivity contribution in [2.45, 2.75) is 37.1 Å². The number of sulfonamides is 1. The van der Waals surface area contributed by atoms with E-state index in [1.54, 1.807) is 11.8 Å². The normalized spacial score (nSPS) is 16.7. The number of likely N-dealkylation sites (tertiary alicyclic amines) is 1. The van der Waals surface area contributed by atoms with E-state index in [4.69, 9.17) is 11.6 Å². The topological polar surface area (TPSA) is 66.5 Å². The fraction of sp³-hybridized carbons (Fsp3) is 0.381. The van der Waals surface area contributed by atoms with Gasteiger partial charge >= 0.3 is 0 Å². The Morgan fingerprint density at radius 3 is 2.32 bits per heavy atom. The number of carbonyl (C=O) groups excluding carboxylic acids is 1. The predicted octanol–water partition coefficient (Wildman–Crippen LogP) is 3.49. The second-order valence-corrected chi connectivity index (χ2v) is 9.41. The molecule has 1 saturated heterocycles. The van der Waals surface area contributed by atoms with Crippen LogP contribution in [0.2, 0.25) is 5.02 Å². The Morgan fingerprint density at radius 1 is 1.11 bits per heavy atom. The van der Waals surface area contributed by atoms with Crippen molar-refractivity contribution in [3.05, 3.63) is 65.2 Å². The molecule has 1 aliphatic rings. The highest BCUT2D eigenvalue weighted by Crippen LogP contribution is 2.22. The molecule has 1 fully saturated rings. The minimum atomic E-state index is -3.77. The molecule has 1 heterocycles. The van der Waals surface area contributed by atoms with Crippen LogP contribution in [0.1, 0.15) is 25.3 Å². The van der Waals surface area contributed by atoms with E-state index in [1.807, 2.05) is 18.2 Å². The monoisotopic (exact) mass is 420 g/mol. The lowest BCUT2D eigenvalue weighted by atomic mass is 9.90. The number of amides is 1. The van der Waals surface area contributed by atoms with Crippen LogP contribution in [-0.4, -0.2) is 38.4 Å². The first-order valence-corrected chi connectivity index (χ1v) is 11.3. The molecule has 1 amide bonds. The van der Waals surface area contributed by atoms with Gasteiger partial charge in [-0.3, -0.25) is 4.79 Å². The largest absolute Gasteiger partial charge is 0.341 e. The fourth-order valence-corrected chi connectivity index (χ4v) is 4.87. The van der Waals surface area contributed by atoms with Gasteiger partial charge in [0.05, 0.1) is 10.9 Å². The van der Waals surface area contributed by atoms with Gasteiger partial charge in [-0.2, -0.15) is 4.72 Å². The number of benzene rings is 2. The molecule has 0 aliphatic carbocycles. The Balaban J connectivity index is 1.53. The third-order valence-corrected chi connectivity index (χ3v) is 6.93. The molecule has 3 rings (SSSR count). The van der Waals surface area contributed by atoms with Crippen LogP contribution in [0.4, 0.5) is 0 Å². The molecule has 0 radical (unpaired) electrons. The van der Waals surface area contributed by atoms with Crippen LogP contribution in [0.3, 0.4) is 0 Å². The standard InChI is InChI=1S/C21H25ClN2O3S/c1-16(23-28(26,27)20-9-7-19(22)8-10-20)21(25)24-13-11-18(12-14-24)15-17-5-3-2-4-6-17/h2-10,16,18,23H,11-15H2,1H3/t16-/m1/s1. The van der Waals surface area contributed by atoms with Crippen molar-refractivity contribution >= 4 is 27.5 Å². The molecule has 0 spiro atoms. The van der Waals surface area contributed by atoms with Gasteiger partial charge in [0, 0.05) is 18.1 Å². The van der Waals surface area contributed by atoms with Gasteiger partial charge in [-0.05, 0) is 61.9 Å². The van der Waals surface area contributed by atoms with Crippen LogP contribution in [0.15, 0.2) is 59.5 Å². The van der Waals surface area contributed by atoms with Gasteiger partial charge in [-0.25, -0.2) is 8.42 Å². The zero-order chi connectivity index (χ0) is 20.1. The lowest BCUT2D eigenvalue weighted by Crippen LogP contribution is -2.49. The summed E-state index contributed by atoms with van der Waals surface area (Å²) in [5.41, 5.74) is 1.32. The molecule has 1 aliphatic heterocycles. The number of hydrogen-bond donors (Lipinski definition) is 1. The van der Waals surface area contributed by atoms with Crippen molar-refractivity contribution in [1.82, 2.24) is 9.62 Å². The average Bonchev–Trinajstić information content (AvgIpc) is 2.69. The first kappa shape index (κ1) is 20.8. The highest BCUT2D eigenvalue weighted by molar-refractivity contribution is 7.89. The second-order valence-electron chi connectivity index (χ2n) is 7.26. The minimum Gasteiger partial charge on any atom is -0.341 e. The van der Waals surface area contributed by atoms with Crippen molar-refractivity contribution in [1.29, 1.82) is 0 Å². The third-order valence-electron chi connectivity index (χ3n) is 5.12. The Labute approximate surface area is 171 Å². The molecule has 2 aromatic carbocycles. The van der Waals surface area contributed by atoms with E-state index in [9.17, 15) is 13.2 Å². The summed E-state index contributed by atoms with van der Waals surface area (Å²) in [6, 6.07) is 15.4. The summed E-state index contributed by atoms with van der Waals surface area (Å²) in [6.07, 6.45) is 2.87. The number of carbonyl (C=O) groups is 1. The van der Waals surface area contributed by atoms with Crippen LogP contribution in [0.5, 0.6) is 0 Å². The SMILES string of the molecule is C[C@@H](NS(=O)(=O)c1ccc(Cl)cc1)C(=O)N1CCC(Cc2ccccc2)CC1. The number of piperidine rings is 1. The van der Waals surface area contributed by atoms with Crippen molar-refractivity contribution in [2.75, 3.05) is 13.1 Å². The highest BCUT2D eigenvalue weighted by Gasteiger charge is 2.29. The van der Waals surface area contributed by atoms with Gasteiger partial charge < -0.3 is 4.90 Å². The smallest absolute Gasteiger partial charge is 0.241 e. The van der Waals surface area contributed by atoms with E-state index in [0.29, 0.717) is 24.0 Å². The van der Waals surface area contributed by atoms with Gasteiger partial charge in [-0.1, -0.05) is 41.9 Å². The number of halogens is 1. The maximum absolute atomic E-state index is 12.7. The molecule has 0 saturated carbocycles. The fourth-order valence-electron chi connectivity index (χ4n) is 3.54. The number of nitrogens with one attached hydrogen (secondary N) is 1. The molecular weight excluding hydrogens is 396 g/mol. The van der Waals surface area contributed by atoms with Crippen molar-refractivity contribution in [3.63, 3.8) is 0 Å². The Kier molecular flexibility index (Phi) is 6.75. The summed E-state index contributed by atoms with van der Waals surface area (Å²) >= 11 is 5.81. The first-order chi connectivity index (χ1) is 13.3. The van der Waals surface area contributed by atoms with Gasteiger partial charge in [0.2, 0.25) is 15.9 Å². The van der Waals surface area contributed by atoms with Gasteiger partial charge in [0.15, 0.2) is 0 Å². The van der Waals surface area contributed by atoms with Crippen molar-refractivity contribution in [2.24, 2.45) is 5.92 Å². The maximum Gasteiger partial charge on any atom is 0.241 e. The zero-order valence-electron chi connectivity index (χ0n) is 15.8. The van der Waals surface area contributed by atoms with Crippen LogP contribution in [-0.2, 0) is 21.2 Å². The summed E-state index contributed by atoms with van der Waals surface area (Å²) in [4.78, 5) is 14.6. The lowest BCUT2D eigenvalue weighted by molar-refractivity contribution is -0.133. The van der Waals surface area contributed by atoms with Gasteiger partial charge in [0.1, 0.15) is 0 Å². The van der Waals surface area contributed by atoms with E-state index in [1.165, 1.54) is 29.8 Å². The summed E-state index contributed by atoms with van der Waals surface area (Å²) in [7, 11) is -3.77. The number of rotatable bonds is 6. The van der Waals surface area contributed by atoms with Gasteiger partial charge in [0.25, 0.3) is 0 Å². The van der Waals surface area contributed by atoms with Crippen LogP contribution in [0.25, 0.3) is 0 Å². The predicted molar refractivity (Wildman–Crippen MR) is 111 cm³/mol. The molecular formula is C21H25ClN2O3S. The molecule has 1 atom stereocenters. The maximum atomic E-state index is 12.7. The van der Waals surface area contributed by atoms with Crippen LogP contribution >= 0.6 is 11.6 Å². The molecule has 7 heteroatoms. The van der Waals surface area contributed by atoms with E-state index < -0.39 is 16.1 Å². The molecule has 0 unspecified atom stereocenters.